The van der Waals surface area contributed by atoms with Gasteiger partial charge in [-0.3, -0.25) is 14.6 Å². The highest BCUT2D eigenvalue weighted by Crippen LogP contribution is 2.29. The molecule has 1 saturated heterocycles. The second-order valence-electron chi connectivity index (χ2n) is 8.09. The second-order valence-corrected chi connectivity index (χ2v) is 8.09. The lowest BCUT2D eigenvalue weighted by atomic mass is 10.1. The molecule has 3 rings (SSSR count). The minimum absolute atomic E-state index is 0.0139. The molecular formula is C24H32FN3O5. The number of amides is 1. The van der Waals surface area contributed by atoms with Crippen molar-refractivity contribution in [1.29, 1.82) is 0 Å². The number of hydrogen-bond donors (Lipinski definition) is 2. The molecule has 2 aromatic carbocycles. The number of methoxy groups -OCH3 is 2. The Balaban J connectivity index is 1.44. The van der Waals surface area contributed by atoms with Crippen molar-refractivity contribution in [2.75, 3.05) is 58.9 Å². The normalized spacial score (nSPS) is 17.9. The maximum Gasteiger partial charge on any atom is 0.238 e. The van der Waals surface area contributed by atoms with E-state index < -0.39 is 11.9 Å². The molecule has 9 heteroatoms. The number of anilines is 1. The van der Waals surface area contributed by atoms with E-state index in [1.165, 1.54) is 12.1 Å². The van der Waals surface area contributed by atoms with E-state index in [-0.39, 0.29) is 30.9 Å². The Labute approximate surface area is 193 Å². The molecule has 0 saturated carbocycles. The van der Waals surface area contributed by atoms with E-state index in [9.17, 15) is 14.3 Å². The molecule has 2 atom stereocenters. The van der Waals surface area contributed by atoms with E-state index in [4.69, 9.17) is 14.2 Å². The van der Waals surface area contributed by atoms with Gasteiger partial charge in [0.05, 0.1) is 26.5 Å². The van der Waals surface area contributed by atoms with Gasteiger partial charge in [-0.25, -0.2) is 4.39 Å². The van der Waals surface area contributed by atoms with Crippen molar-refractivity contribution < 1.29 is 28.5 Å². The van der Waals surface area contributed by atoms with Gasteiger partial charge in [-0.1, -0.05) is 12.1 Å². The molecule has 1 heterocycles. The van der Waals surface area contributed by atoms with Gasteiger partial charge in [0.1, 0.15) is 24.2 Å². The molecule has 33 heavy (non-hydrogen) atoms. The van der Waals surface area contributed by atoms with E-state index in [1.54, 1.807) is 44.6 Å². The Morgan fingerprint density at radius 2 is 1.97 bits per heavy atom. The van der Waals surface area contributed by atoms with Crippen molar-refractivity contribution in [1.82, 2.24) is 9.80 Å². The number of aliphatic hydroxyl groups is 1. The van der Waals surface area contributed by atoms with Crippen LogP contribution >= 0.6 is 0 Å². The summed E-state index contributed by atoms with van der Waals surface area (Å²) in [5.74, 6) is 0.743. The molecule has 0 aromatic heterocycles. The number of aliphatic hydroxyl groups excluding tert-OH is 1. The van der Waals surface area contributed by atoms with E-state index >= 15 is 0 Å². The number of nitrogens with zero attached hydrogens (tertiary/aromatic N) is 2. The number of piperazine rings is 1. The standard InChI is InChI=1S/C24H32FN3O5/c1-17-13-27(15-24(30)26-21-9-8-19(31-2)12-23(21)32-3)10-11-28(17)14-18(29)16-33-22-7-5-4-6-20(22)25/h4-9,12,17-18,29H,10-11,13-16H2,1-3H3,(H,26,30)/t17-,18+/m0/s1. The molecule has 1 aliphatic heterocycles. The lowest BCUT2D eigenvalue weighted by Crippen LogP contribution is -2.55. The number of carbonyl (C=O) groups excluding carboxylic acids is 1. The lowest BCUT2D eigenvalue weighted by molar-refractivity contribution is -0.118. The Bertz CT molecular complexity index is 929. The van der Waals surface area contributed by atoms with Gasteiger partial charge in [0.25, 0.3) is 0 Å². The van der Waals surface area contributed by atoms with Crippen LogP contribution in [0.2, 0.25) is 0 Å². The summed E-state index contributed by atoms with van der Waals surface area (Å²) in [4.78, 5) is 16.8. The SMILES string of the molecule is COc1ccc(NC(=O)CN2CCN(C[C@@H](O)COc3ccccc3F)[C@@H](C)C2)c(OC)c1. The zero-order valence-electron chi connectivity index (χ0n) is 19.3. The van der Waals surface area contributed by atoms with Crippen LogP contribution in [-0.2, 0) is 4.79 Å². The first-order chi connectivity index (χ1) is 15.9. The second kappa shape index (κ2) is 11.8. The predicted octanol–water partition coefficient (Wildman–Crippen LogP) is 2.23. The minimum Gasteiger partial charge on any atom is -0.497 e. The van der Waals surface area contributed by atoms with Crippen LogP contribution < -0.4 is 19.5 Å². The van der Waals surface area contributed by atoms with Crippen LogP contribution in [0.4, 0.5) is 10.1 Å². The van der Waals surface area contributed by atoms with Gasteiger partial charge in [-0.15, -0.1) is 0 Å². The van der Waals surface area contributed by atoms with Crippen LogP contribution in [0.15, 0.2) is 42.5 Å². The smallest absolute Gasteiger partial charge is 0.238 e. The molecule has 180 valence electrons. The number of rotatable bonds is 10. The zero-order valence-corrected chi connectivity index (χ0v) is 19.3. The minimum atomic E-state index is -0.746. The van der Waals surface area contributed by atoms with Crippen molar-refractivity contribution in [3.05, 3.63) is 48.3 Å². The van der Waals surface area contributed by atoms with E-state index in [0.717, 1.165) is 0 Å². The van der Waals surface area contributed by atoms with Crippen molar-refractivity contribution in [2.24, 2.45) is 0 Å². The molecule has 0 spiro atoms. The van der Waals surface area contributed by atoms with Crippen LogP contribution in [0.5, 0.6) is 17.2 Å². The third-order valence-electron chi connectivity index (χ3n) is 5.61. The first-order valence-electron chi connectivity index (χ1n) is 10.9. The van der Waals surface area contributed by atoms with Gasteiger partial charge >= 0.3 is 0 Å². The fourth-order valence-corrected chi connectivity index (χ4v) is 3.85. The number of para-hydroxylation sites is 1. The zero-order chi connectivity index (χ0) is 23.8. The van der Waals surface area contributed by atoms with Crippen molar-refractivity contribution in [3.8, 4) is 17.2 Å². The van der Waals surface area contributed by atoms with Gasteiger partial charge in [0.2, 0.25) is 5.91 Å². The van der Waals surface area contributed by atoms with Gasteiger partial charge in [-0.2, -0.15) is 0 Å². The van der Waals surface area contributed by atoms with Crippen LogP contribution in [0.25, 0.3) is 0 Å². The van der Waals surface area contributed by atoms with E-state index in [2.05, 4.69) is 22.0 Å². The number of carbonyl (C=O) groups is 1. The quantitative estimate of drug-likeness (QED) is 0.561. The van der Waals surface area contributed by atoms with Gasteiger partial charge in [0, 0.05) is 38.3 Å². The van der Waals surface area contributed by atoms with Crippen LogP contribution in [0.1, 0.15) is 6.92 Å². The van der Waals surface area contributed by atoms with Gasteiger partial charge < -0.3 is 24.6 Å². The Kier molecular flexibility index (Phi) is 8.87. The summed E-state index contributed by atoms with van der Waals surface area (Å²) in [5, 5.41) is 13.2. The summed E-state index contributed by atoms with van der Waals surface area (Å²) in [6.45, 7) is 4.83. The third kappa shape index (κ3) is 7.05. The largest absolute Gasteiger partial charge is 0.497 e. The van der Waals surface area contributed by atoms with Crippen molar-refractivity contribution >= 4 is 11.6 Å². The van der Waals surface area contributed by atoms with E-state index in [1.807, 2.05) is 0 Å². The molecule has 1 amide bonds. The first-order valence-corrected chi connectivity index (χ1v) is 10.9. The Morgan fingerprint density at radius 1 is 1.18 bits per heavy atom. The topological polar surface area (TPSA) is 83.5 Å². The number of halogens is 1. The molecule has 1 fully saturated rings. The van der Waals surface area contributed by atoms with Crippen LogP contribution in [0.3, 0.4) is 0 Å². The summed E-state index contributed by atoms with van der Waals surface area (Å²) in [7, 11) is 3.12. The maximum atomic E-state index is 13.7. The lowest BCUT2D eigenvalue weighted by Gasteiger charge is -2.40. The summed E-state index contributed by atoms with van der Waals surface area (Å²) in [6.07, 6.45) is -0.746. The fourth-order valence-electron chi connectivity index (χ4n) is 3.85. The molecule has 1 aliphatic rings. The number of benzene rings is 2. The molecule has 0 radical (unpaired) electrons. The molecule has 2 N–H and O–H groups in total. The molecule has 0 aliphatic carbocycles. The highest BCUT2D eigenvalue weighted by molar-refractivity contribution is 5.93. The first kappa shape index (κ1) is 24.8. The average Bonchev–Trinajstić information content (AvgIpc) is 2.80. The van der Waals surface area contributed by atoms with Crippen LogP contribution in [-0.4, -0.2) is 86.5 Å². The number of hydrogen-bond acceptors (Lipinski definition) is 7. The molecule has 0 bridgehead atoms. The van der Waals surface area contributed by atoms with Crippen molar-refractivity contribution in [2.45, 2.75) is 19.1 Å². The summed E-state index contributed by atoms with van der Waals surface area (Å²) in [6, 6.07) is 11.5. The third-order valence-corrected chi connectivity index (χ3v) is 5.61. The monoisotopic (exact) mass is 461 g/mol. The van der Waals surface area contributed by atoms with Gasteiger partial charge in [0.15, 0.2) is 11.6 Å². The molecular weight excluding hydrogens is 429 g/mol. The summed E-state index contributed by atoms with van der Waals surface area (Å²) >= 11 is 0. The number of β-amino-alcohol motifs (C(OH)–C–C–N with tert-alkyl or cyclic N) is 1. The molecule has 8 nitrogen and oxygen atoms in total. The van der Waals surface area contributed by atoms with Crippen LogP contribution in [0, 0.1) is 5.82 Å². The highest BCUT2D eigenvalue weighted by Gasteiger charge is 2.27. The Hall–Kier alpha value is -2.88. The fraction of sp³-hybridized carbons (Fsp3) is 0.458. The Morgan fingerprint density at radius 3 is 2.67 bits per heavy atom. The van der Waals surface area contributed by atoms with Gasteiger partial charge in [-0.05, 0) is 31.2 Å². The summed E-state index contributed by atoms with van der Waals surface area (Å²) in [5.41, 5.74) is 0.591. The highest BCUT2D eigenvalue weighted by atomic mass is 19.1. The number of nitrogens with one attached hydrogen (secondary N) is 1. The summed E-state index contributed by atoms with van der Waals surface area (Å²) < 4.78 is 29.6. The average molecular weight is 462 g/mol. The maximum absolute atomic E-state index is 13.7. The predicted molar refractivity (Wildman–Crippen MR) is 124 cm³/mol. The van der Waals surface area contributed by atoms with Crippen molar-refractivity contribution in [3.63, 3.8) is 0 Å². The molecule has 2 aromatic rings. The number of ether oxygens (including phenoxy) is 3. The van der Waals surface area contributed by atoms with E-state index in [0.29, 0.717) is 43.4 Å². The molecule has 0 unspecified atom stereocenters.